The van der Waals surface area contributed by atoms with Crippen molar-refractivity contribution in [1.29, 1.82) is 0 Å². The minimum absolute atomic E-state index is 0.00605. The molecule has 5 rings (SSSR count). The van der Waals surface area contributed by atoms with Gasteiger partial charge in [0, 0.05) is 6.42 Å². The highest BCUT2D eigenvalue weighted by atomic mass is 16.7. The Labute approximate surface area is 264 Å². The first kappa shape index (κ1) is 33.1. The minimum atomic E-state index is -1.04. The molecule has 1 amide bonds. The molecule has 1 heterocycles. The summed E-state index contributed by atoms with van der Waals surface area (Å²) < 4.78 is 20.8. The summed E-state index contributed by atoms with van der Waals surface area (Å²) in [6, 6.07) is 0. The molecule has 44 heavy (non-hydrogen) atoms. The maximum Gasteiger partial charge on any atom is 0.508 e. The van der Waals surface area contributed by atoms with Gasteiger partial charge in [0.2, 0.25) is 0 Å². The van der Waals surface area contributed by atoms with Crippen LogP contribution in [-0.4, -0.2) is 50.7 Å². The fourth-order valence-electron chi connectivity index (χ4n) is 10.1. The normalized spacial score (nSPS) is 36.5. The molecule has 8 unspecified atom stereocenters. The Morgan fingerprint density at radius 2 is 1.75 bits per heavy atom. The van der Waals surface area contributed by atoms with Crippen LogP contribution in [0.4, 0.5) is 9.59 Å². The molecule has 1 saturated heterocycles. The molecule has 0 aromatic heterocycles. The number of alkyl carbamates (subject to hydrolysis) is 1. The lowest BCUT2D eigenvalue weighted by Gasteiger charge is -2.58. The third-order valence-electron chi connectivity index (χ3n) is 12.6. The van der Waals surface area contributed by atoms with Crippen LogP contribution in [0.25, 0.3) is 0 Å². The van der Waals surface area contributed by atoms with E-state index in [1.807, 2.05) is 0 Å². The first-order valence-corrected chi connectivity index (χ1v) is 17.5. The van der Waals surface area contributed by atoms with Crippen molar-refractivity contribution in [2.24, 2.45) is 51.8 Å². The van der Waals surface area contributed by atoms with Crippen molar-refractivity contribution in [2.75, 3.05) is 26.4 Å². The number of hydrogen-bond donors (Lipinski definition) is 1. The van der Waals surface area contributed by atoms with Gasteiger partial charge in [0.15, 0.2) is 0 Å². The SMILES string of the molecule is CC(C)CCCC(C)C1CCC2C3CC=C4CC(OC(=O)NCCOC(=O)C5(C)COC(=O)OC5)CCC4(C)C3CCC12C. The molecule has 0 aromatic rings. The van der Waals surface area contributed by atoms with E-state index in [-0.39, 0.29) is 37.9 Å². The summed E-state index contributed by atoms with van der Waals surface area (Å²) in [7, 11) is 0. The van der Waals surface area contributed by atoms with E-state index in [1.54, 1.807) is 6.92 Å². The second-order valence-corrected chi connectivity index (χ2v) is 16.0. The highest BCUT2D eigenvalue weighted by Crippen LogP contribution is 2.67. The third-order valence-corrected chi connectivity index (χ3v) is 12.6. The molecule has 4 fully saturated rings. The zero-order valence-electron chi connectivity index (χ0n) is 28.1. The molecular formula is C36H57NO7. The molecule has 1 N–H and O–H groups in total. The number of nitrogens with one attached hydrogen (secondary N) is 1. The quantitative estimate of drug-likeness (QED) is 0.116. The summed E-state index contributed by atoms with van der Waals surface area (Å²) in [6.45, 7) is 14.0. The van der Waals surface area contributed by atoms with Crippen LogP contribution in [-0.2, 0) is 23.7 Å². The summed E-state index contributed by atoms with van der Waals surface area (Å²) in [6.07, 6.45) is 14.7. The highest BCUT2D eigenvalue weighted by Gasteiger charge is 2.59. The van der Waals surface area contributed by atoms with Crippen molar-refractivity contribution in [3.8, 4) is 0 Å². The molecule has 248 valence electrons. The lowest BCUT2D eigenvalue weighted by atomic mass is 9.47. The molecule has 8 heteroatoms. The molecule has 0 bridgehead atoms. The fraction of sp³-hybridized carbons (Fsp3) is 0.861. The van der Waals surface area contributed by atoms with Gasteiger partial charge in [-0.3, -0.25) is 4.79 Å². The lowest BCUT2D eigenvalue weighted by Crippen LogP contribution is -2.51. The van der Waals surface area contributed by atoms with Crippen molar-refractivity contribution in [3.05, 3.63) is 11.6 Å². The van der Waals surface area contributed by atoms with Crippen LogP contribution in [0.5, 0.6) is 0 Å². The molecular weight excluding hydrogens is 558 g/mol. The number of fused-ring (bicyclic) bond motifs is 5. The van der Waals surface area contributed by atoms with Crippen LogP contribution in [0, 0.1) is 51.8 Å². The Kier molecular flexibility index (Phi) is 9.96. The molecule has 3 saturated carbocycles. The van der Waals surface area contributed by atoms with Crippen LogP contribution in [0.1, 0.15) is 112 Å². The van der Waals surface area contributed by atoms with Crippen molar-refractivity contribution in [3.63, 3.8) is 0 Å². The average molecular weight is 616 g/mol. The van der Waals surface area contributed by atoms with Gasteiger partial charge in [-0.15, -0.1) is 0 Å². The number of esters is 1. The number of carbonyl (C=O) groups excluding carboxylic acids is 3. The van der Waals surface area contributed by atoms with Gasteiger partial charge in [-0.05, 0) is 98.2 Å². The van der Waals surface area contributed by atoms with Crippen LogP contribution < -0.4 is 5.32 Å². The zero-order chi connectivity index (χ0) is 31.7. The molecule has 8 atom stereocenters. The largest absolute Gasteiger partial charge is 0.508 e. The molecule has 0 spiro atoms. The summed E-state index contributed by atoms with van der Waals surface area (Å²) in [5, 5.41) is 2.72. The number of allylic oxidation sites excluding steroid dienone is 1. The van der Waals surface area contributed by atoms with Crippen molar-refractivity contribution >= 4 is 18.2 Å². The van der Waals surface area contributed by atoms with E-state index in [1.165, 1.54) is 56.9 Å². The van der Waals surface area contributed by atoms with Crippen LogP contribution in [0.3, 0.4) is 0 Å². The zero-order valence-corrected chi connectivity index (χ0v) is 28.1. The van der Waals surface area contributed by atoms with Gasteiger partial charge in [0.05, 0.1) is 6.54 Å². The number of amides is 1. The van der Waals surface area contributed by atoms with Gasteiger partial charge >= 0.3 is 18.2 Å². The standard InChI is InChI=1S/C36H57NO7/c1-23(2)8-7-9-24(3)28-12-13-29-27-11-10-25-20-26(14-16-35(25,5)30(27)15-17-36(28,29)6)44-32(39)37-18-19-41-31(38)34(4)21-42-33(40)43-22-34/h10,23-24,26-30H,7-9,11-22H2,1-6H3,(H,37,39). The summed E-state index contributed by atoms with van der Waals surface area (Å²) in [5.41, 5.74) is 1.16. The van der Waals surface area contributed by atoms with E-state index in [9.17, 15) is 14.4 Å². The van der Waals surface area contributed by atoms with E-state index < -0.39 is 23.6 Å². The van der Waals surface area contributed by atoms with Gasteiger partial charge in [-0.1, -0.05) is 65.5 Å². The Hall–Kier alpha value is -2.25. The van der Waals surface area contributed by atoms with E-state index in [4.69, 9.17) is 18.9 Å². The summed E-state index contributed by atoms with van der Waals surface area (Å²) >= 11 is 0. The smallest absolute Gasteiger partial charge is 0.463 e. The van der Waals surface area contributed by atoms with Gasteiger partial charge in [-0.25, -0.2) is 9.59 Å². The van der Waals surface area contributed by atoms with E-state index in [2.05, 4.69) is 46.0 Å². The Balaban J connectivity index is 1.09. The number of ether oxygens (including phenoxy) is 4. The predicted molar refractivity (Wildman–Crippen MR) is 168 cm³/mol. The first-order valence-electron chi connectivity index (χ1n) is 17.5. The van der Waals surface area contributed by atoms with Crippen molar-refractivity contribution in [2.45, 2.75) is 118 Å². The van der Waals surface area contributed by atoms with E-state index in [0.29, 0.717) is 5.41 Å². The third kappa shape index (κ3) is 6.65. The molecule has 8 nitrogen and oxygen atoms in total. The first-order chi connectivity index (χ1) is 20.9. The molecule has 4 aliphatic carbocycles. The predicted octanol–water partition coefficient (Wildman–Crippen LogP) is 7.84. The highest BCUT2D eigenvalue weighted by molar-refractivity contribution is 5.78. The van der Waals surface area contributed by atoms with Crippen LogP contribution in [0.2, 0.25) is 0 Å². The maximum absolute atomic E-state index is 12.6. The Morgan fingerprint density at radius 3 is 2.48 bits per heavy atom. The van der Waals surface area contributed by atoms with E-state index >= 15 is 0 Å². The van der Waals surface area contributed by atoms with Gasteiger partial charge in [-0.2, -0.15) is 0 Å². The second-order valence-electron chi connectivity index (χ2n) is 16.0. The van der Waals surface area contributed by atoms with E-state index in [0.717, 1.165) is 54.8 Å². The van der Waals surface area contributed by atoms with Crippen molar-refractivity contribution < 1.29 is 33.3 Å². The minimum Gasteiger partial charge on any atom is -0.463 e. The number of rotatable bonds is 10. The van der Waals surface area contributed by atoms with Gasteiger partial charge < -0.3 is 24.3 Å². The Bertz CT molecular complexity index is 1090. The lowest BCUT2D eigenvalue weighted by molar-refractivity contribution is -0.165. The monoisotopic (exact) mass is 615 g/mol. The fourth-order valence-corrected chi connectivity index (χ4v) is 10.1. The van der Waals surface area contributed by atoms with Gasteiger partial charge in [0.25, 0.3) is 0 Å². The second kappa shape index (κ2) is 13.2. The molecule has 1 aliphatic heterocycles. The molecule has 0 radical (unpaired) electrons. The topological polar surface area (TPSA) is 100 Å². The molecule has 5 aliphatic rings. The number of hydrogen-bond acceptors (Lipinski definition) is 7. The Morgan fingerprint density at radius 1 is 1.00 bits per heavy atom. The maximum atomic E-state index is 12.6. The number of cyclic esters (lactones) is 2. The average Bonchev–Trinajstić information content (AvgIpc) is 3.34. The molecule has 0 aromatic carbocycles. The van der Waals surface area contributed by atoms with Gasteiger partial charge in [0.1, 0.15) is 31.3 Å². The van der Waals surface area contributed by atoms with Crippen LogP contribution in [0.15, 0.2) is 11.6 Å². The number of carbonyl (C=O) groups is 3. The van der Waals surface area contributed by atoms with Crippen LogP contribution >= 0.6 is 0 Å². The summed E-state index contributed by atoms with van der Waals surface area (Å²) in [4.78, 5) is 36.1. The van der Waals surface area contributed by atoms with Crippen molar-refractivity contribution in [1.82, 2.24) is 5.32 Å². The summed E-state index contributed by atoms with van der Waals surface area (Å²) in [5.74, 6) is 4.33.